The second-order valence-corrected chi connectivity index (χ2v) is 23.2. The van der Waals surface area contributed by atoms with Crippen molar-refractivity contribution in [3.05, 3.63) is 65.2 Å². The number of aromatic hydroxyl groups is 1. The van der Waals surface area contributed by atoms with Crippen LogP contribution in [0.5, 0.6) is 5.75 Å². The summed E-state index contributed by atoms with van der Waals surface area (Å²) in [6, 6.07) is -1.10. The molecule has 1 fully saturated rings. The number of aryl methyl sites for hydroxylation is 1. The van der Waals surface area contributed by atoms with E-state index in [1.165, 1.54) is 50.2 Å². The molecule has 0 radical (unpaired) electrons. The number of nitrogens with one attached hydrogen (secondary N) is 9. The molecule has 0 aliphatic carbocycles. The number of hydrogen-bond acceptors (Lipinski definition) is 21. The van der Waals surface area contributed by atoms with Gasteiger partial charge in [0.1, 0.15) is 89.7 Å². The van der Waals surface area contributed by atoms with E-state index < -0.39 is 182 Å². The number of benzene rings is 2. The van der Waals surface area contributed by atoms with Crippen LogP contribution in [-0.4, -0.2) is 221 Å². The van der Waals surface area contributed by atoms with E-state index in [1.807, 2.05) is 0 Å². The average Bonchev–Trinajstić information content (AvgIpc) is 1.98. The second kappa shape index (κ2) is 38.2. The fourth-order valence-corrected chi connectivity index (χ4v) is 10.1. The molecule has 13 atom stereocenters. The molecular weight excluding hydrogens is 1210 g/mol. The van der Waals surface area contributed by atoms with Crippen LogP contribution in [0.15, 0.2) is 48.5 Å². The highest BCUT2D eigenvalue weighted by Crippen LogP contribution is 2.29. The number of rotatable bonds is 38. The molecule has 17 N–H and O–H groups in total. The lowest BCUT2D eigenvalue weighted by Crippen LogP contribution is -2.61. The molecule has 1 aliphatic heterocycles. The number of carbonyl (C=O) groups excluding carboxylic acids is 10. The minimum atomic E-state index is -2.02. The number of ether oxygens (including phenoxy) is 1. The largest absolute Gasteiger partial charge is 0.508 e. The van der Waals surface area contributed by atoms with Crippen LogP contribution in [0.4, 0.5) is 0 Å². The molecule has 9 amide bonds. The number of aliphatic hydroxyl groups is 5. The third-order valence-electron chi connectivity index (χ3n) is 13.8. The molecule has 1 aliphatic rings. The van der Waals surface area contributed by atoms with Crippen LogP contribution < -0.4 is 47.9 Å². The Labute approximate surface area is 523 Å². The summed E-state index contributed by atoms with van der Waals surface area (Å²) in [6.07, 6.45) is -6.20. The van der Waals surface area contributed by atoms with Crippen molar-refractivity contribution in [3.63, 3.8) is 0 Å². The Morgan fingerprint density at radius 2 is 1.13 bits per heavy atom. The van der Waals surface area contributed by atoms with Gasteiger partial charge in [-0.05, 0) is 86.6 Å². The molecule has 2 aromatic rings. The quantitative estimate of drug-likeness (QED) is 0.0289. The first-order valence-electron chi connectivity index (χ1n) is 28.7. The van der Waals surface area contributed by atoms with Crippen molar-refractivity contribution in [2.75, 3.05) is 31.3 Å². The molecule has 1 saturated heterocycles. The third-order valence-corrected chi connectivity index (χ3v) is 15.3. The van der Waals surface area contributed by atoms with Crippen molar-refractivity contribution >= 4 is 95.3 Å². The Balaban J connectivity index is 1.72. The molecule has 1 heterocycles. The zero-order valence-corrected chi connectivity index (χ0v) is 51.6. The van der Waals surface area contributed by atoms with Gasteiger partial charge in [-0.1, -0.05) is 57.9 Å². The molecule has 0 spiro atoms. The van der Waals surface area contributed by atoms with Crippen LogP contribution in [-0.2, 0) is 70.3 Å². The highest BCUT2D eigenvalue weighted by molar-refractivity contribution is 7.99. The lowest BCUT2D eigenvalue weighted by molar-refractivity contribution is -0.205. The number of hydrogen-bond donors (Lipinski definition) is 18. The second-order valence-electron chi connectivity index (χ2n) is 21.6. The Bertz CT molecular complexity index is 2740. The fourth-order valence-electron chi connectivity index (χ4n) is 8.71. The first kappa shape index (κ1) is 75.8. The summed E-state index contributed by atoms with van der Waals surface area (Å²) in [6.45, 7) is 5.42. The smallest absolute Gasteiger partial charge is 0.327 e. The maximum absolute atomic E-state index is 14.4. The van der Waals surface area contributed by atoms with Gasteiger partial charge in [0.05, 0.1) is 26.2 Å². The van der Waals surface area contributed by atoms with Crippen LogP contribution in [0.1, 0.15) is 101 Å². The highest BCUT2D eigenvalue weighted by Gasteiger charge is 2.44. The number of carbonyl (C=O) groups is 12. The van der Waals surface area contributed by atoms with E-state index in [1.54, 1.807) is 32.9 Å². The van der Waals surface area contributed by atoms with Crippen LogP contribution in [0.2, 0.25) is 0 Å². The minimum absolute atomic E-state index is 0.0192. The summed E-state index contributed by atoms with van der Waals surface area (Å²) < 4.78 is 5.50. The van der Waals surface area contributed by atoms with E-state index >= 15 is 0 Å². The molecule has 0 saturated carbocycles. The SMILES string of the molecule is CCCCC(NC(=O)C(CCC(C)=O)NC(=O)C(Cc1ccc(O)cc1)NC(=O)C(CC(=O)O)NC(=O)C(CO)NC(=O)C(C)NC(=O)CNC(=O)c1ccc(CCSC2OC(CO)C(O)C(O)C2O)cc1)C(=O)NC(CC(C)C)C(=O)NC(CS)C(=O)O. The van der Waals surface area contributed by atoms with Gasteiger partial charge in [0.2, 0.25) is 47.3 Å². The lowest BCUT2D eigenvalue weighted by atomic mass is 10.0. The molecule has 0 aromatic heterocycles. The van der Waals surface area contributed by atoms with Gasteiger partial charge in [-0.25, -0.2) is 4.79 Å². The van der Waals surface area contributed by atoms with Crippen molar-refractivity contribution in [3.8, 4) is 5.75 Å². The number of thiol groups is 1. The van der Waals surface area contributed by atoms with Gasteiger partial charge in [0.15, 0.2) is 0 Å². The first-order valence-corrected chi connectivity index (χ1v) is 30.4. The number of phenolic OH excluding ortho intramolecular Hbond substituents is 1. The van der Waals surface area contributed by atoms with Crippen LogP contribution in [0.3, 0.4) is 0 Å². The van der Waals surface area contributed by atoms with Gasteiger partial charge in [-0.2, -0.15) is 12.6 Å². The number of carboxylic acid groups (broad SMARTS) is 2. The topological polar surface area (TPSA) is 484 Å². The lowest BCUT2D eigenvalue weighted by Gasteiger charge is -2.39. The zero-order valence-electron chi connectivity index (χ0n) is 49.8. The molecular formula is C57H83N9O21S2. The number of Topliss-reactive ketones (excluding diaryl/α,β-unsaturated/α-hetero) is 1. The summed E-state index contributed by atoms with van der Waals surface area (Å²) in [4.78, 5) is 158. The number of aliphatic hydroxyl groups excluding tert-OH is 5. The molecule has 494 valence electrons. The van der Waals surface area contributed by atoms with E-state index in [0.717, 1.165) is 17.3 Å². The number of phenols is 1. The van der Waals surface area contributed by atoms with E-state index in [4.69, 9.17) is 4.74 Å². The minimum Gasteiger partial charge on any atom is -0.508 e. The summed E-state index contributed by atoms with van der Waals surface area (Å²) in [5, 5.41) is 101. The number of unbranched alkanes of at least 4 members (excludes halogenated alkanes) is 1. The van der Waals surface area contributed by atoms with Crippen molar-refractivity contribution in [2.45, 2.75) is 171 Å². The number of ketones is 1. The maximum atomic E-state index is 14.4. The Morgan fingerprint density at radius 3 is 1.69 bits per heavy atom. The summed E-state index contributed by atoms with van der Waals surface area (Å²) in [5.41, 5.74) is 0.305. The zero-order chi connectivity index (χ0) is 66.7. The number of aliphatic carboxylic acids is 2. The van der Waals surface area contributed by atoms with Crippen molar-refractivity contribution in [2.24, 2.45) is 5.92 Å². The molecule has 89 heavy (non-hydrogen) atoms. The van der Waals surface area contributed by atoms with Gasteiger partial charge in [0.25, 0.3) is 5.91 Å². The Hall–Kier alpha value is -7.46. The van der Waals surface area contributed by atoms with Gasteiger partial charge < -0.3 is 98.2 Å². The predicted molar refractivity (Wildman–Crippen MR) is 321 cm³/mol. The van der Waals surface area contributed by atoms with Crippen LogP contribution in [0, 0.1) is 5.92 Å². The summed E-state index contributed by atoms with van der Waals surface area (Å²) in [7, 11) is 0. The molecule has 13 unspecified atom stereocenters. The number of amides is 9. The van der Waals surface area contributed by atoms with E-state index in [2.05, 4.69) is 60.5 Å². The summed E-state index contributed by atoms with van der Waals surface area (Å²) >= 11 is 5.13. The van der Waals surface area contributed by atoms with Gasteiger partial charge in [-0.15, -0.1) is 11.8 Å². The fraction of sp³-hybridized carbons (Fsp3) is 0.579. The van der Waals surface area contributed by atoms with Crippen molar-refractivity contribution in [1.82, 2.24) is 47.9 Å². The molecule has 3 rings (SSSR count). The Morgan fingerprint density at radius 1 is 0.618 bits per heavy atom. The average molecular weight is 1290 g/mol. The molecule has 2 aromatic carbocycles. The van der Waals surface area contributed by atoms with E-state index in [-0.39, 0.29) is 48.7 Å². The Kier molecular flexibility index (Phi) is 32.5. The van der Waals surface area contributed by atoms with Crippen LogP contribution >= 0.6 is 24.4 Å². The van der Waals surface area contributed by atoms with Gasteiger partial charge in [-0.3, -0.25) is 47.9 Å². The third kappa shape index (κ3) is 25.9. The highest BCUT2D eigenvalue weighted by atomic mass is 32.2. The number of carboxylic acids is 2. The monoisotopic (exact) mass is 1290 g/mol. The first-order chi connectivity index (χ1) is 42.0. The molecule has 30 nitrogen and oxygen atoms in total. The number of thioether (sulfide) groups is 1. The van der Waals surface area contributed by atoms with Crippen molar-refractivity contribution < 1.29 is 103 Å². The summed E-state index contributed by atoms with van der Waals surface area (Å²) in [5.74, 6) is -12.6. The molecule has 32 heteroatoms. The van der Waals surface area contributed by atoms with E-state index in [9.17, 15) is 98.4 Å². The molecule has 0 bridgehead atoms. The van der Waals surface area contributed by atoms with Gasteiger partial charge >= 0.3 is 11.9 Å². The predicted octanol–water partition coefficient (Wildman–Crippen LogP) is -3.57. The standard InChI is InChI=1S/C57H83N9O21S2/c1-6-7-8-35(50(79)62-37(21-28(2)3)52(81)66-41(27-88)56(85)86)60-51(80)36(18-9-29(4)69)61-53(82)38(22-32-12-16-34(70)17-13-32)63-54(83)39(23-44(72)73)64-55(84)40(25-67)65-48(77)30(5)59-43(71)24-58-49(78)33-14-10-31(11-15-33)19-20-89-57-47(76)46(75)45(74)42(26-68)87-57/h10-17,28,30,35-42,45-47,57,67-68,70,74-76,88H,6-9,18-27H2,1-5H3,(H,58,78)(H,59,71)(H,60,80)(H,61,82)(H,62,79)(H,63,83)(H,64,84)(H,65,77)(H,66,81)(H,72,73)(H,85,86). The van der Waals surface area contributed by atoms with Gasteiger partial charge in [0, 0.05) is 24.2 Å². The van der Waals surface area contributed by atoms with E-state index in [0.29, 0.717) is 30.6 Å². The van der Waals surface area contributed by atoms with Crippen LogP contribution in [0.25, 0.3) is 0 Å². The normalized spacial score (nSPS) is 19.0. The van der Waals surface area contributed by atoms with Crippen molar-refractivity contribution in [1.29, 1.82) is 0 Å². The maximum Gasteiger partial charge on any atom is 0.327 e.